The summed E-state index contributed by atoms with van der Waals surface area (Å²) in [6, 6.07) is 11.0. The van der Waals surface area contributed by atoms with E-state index in [0.29, 0.717) is 43.7 Å². The molecule has 2 aromatic carbocycles. The van der Waals surface area contributed by atoms with Crippen LogP contribution in [0, 0.1) is 25.7 Å². The van der Waals surface area contributed by atoms with Crippen molar-refractivity contribution in [2.24, 2.45) is 0 Å². The number of ether oxygens (including phenoxy) is 1. The van der Waals surface area contributed by atoms with Gasteiger partial charge in [-0.2, -0.15) is 26.3 Å². The third-order valence-electron chi connectivity index (χ3n) is 7.56. The van der Waals surface area contributed by atoms with Crippen molar-refractivity contribution in [2.45, 2.75) is 89.6 Å². The Morgan fingerprint density at radius 2 is 1.46 bits per heavy atom. The smallest absolute Gasteiger partial charge is 0.430 e. The van der Waals surface area contributed by atoms with Crippen LogP contribution in [0.5, 0.6) is 0 Å². The minimum atomic E-state index is -5.92. The van der Waals surface area contributed by atoms with Crippen molar-refractivity contribution in [1.82, 2.24) is 0 Å². The van der Waals surface area contributed by atoms with Gasteiger partial charge >= 0.3 is 18.3 Å². The molecule has 9 heteroatoms. The van der Waals surface area contributed by atoms with Gasteiger partial charge in [-0.3, -0.25) is 4.79 Å². The highest BCUT2D eigenvalue weighted by Gasteiger charge is 2.68. The van der Waals surface area contributed by atoms with Gasteiger partial charge < -0.3 is 9.84 Å². The van der Waals surface area contributed by atoms with E-state index in [2.05, 4.69) is 22.6 Å². The molecule has 0 aliphatic rings. The van der Waals surface area contributed by atoms with E-state index in [9.17, 15) is 36.2 Å². The number of halogens is 6. The number of alkyl halides is 6. The summed E-state index contributed by atoms with van der Waals surface area (Å²) in [6.07, 6.45) is -7.54. The standard InChI is InChI=1S/C32H36F6O3/c1-6-29(7-2,26-16-14-24(22(3)20-26)12-10-8-9-11-13-28(39)41-5)27-17-15-25(23(4)21-27)18-19-30(40,31(33,34)35)32(36,37)38/h14-21,40H,6-9,11,13H2,1-5H3/b19-18+. The number of benzene rings is 2. The minimum Gasteiger partial charge on any atom is -0.469 e. The van der Waals surface area contributed by atoms with E-state index in [1.165, 1.54) is 13.2 Å². The van der Waals surface area contributed by atoms with E-state index in [1.54, 1.807) is 19.1 Å². The van der Waals surface area contributed by atoms with Crippen molar-refractivity contribution in [2.75, 3.05) is 7.11 Å². The first-order chi connectivity index (χ1) is 19.1. The van der Waals surface area contributed by atoms with E-state index in [-0.39, 0.29) is 17.6 Å². The SMILES string of the molecule is CCC(CC)(c1ccc(C#CCCCCC(=O)OC)c(C)c1)c1ccc(/C=C/C(O)(C(F)(F)F)C(F)(F)F)c(C)c1. The van der Waals surface area contributed by atoms with E-state index < -0.39 is 23.4 Å². The molecule has 41 heavy (non-hydrogen) atoms. The molecule has 0 bridgehead atoms. The van der Waals surface area contributed by atoms with Crippen molar-refractivity contribution >= 4 is 12.0 Å². The van der Waals surface area contributed by atoms with Gasteiger partial charge in [-0.25, -0.2) is 0 Å². The third-order valence-corrected chi connectivity index (χ3v) is 7.56. The van der Waals surface area contributed by atoms with Crippen LogP contribution in [0.15, 0.2) is 42.5 Å². The molecule has 0 aliphatic carbocycles. The topological polar surface area (TPSA) is 46.5 Å². The molecule has 2 rings (SSSR count). The Morgan fingerprint density at radius 3 is 1.95 bits per heavy atom. The van der Waals surface area contributed by atoms with Crippen LogP contribution in [0.1, 0.15) is 85.8 Å². The average molecular weight is 583 g/mol. The maximum absolute atomic E-state index is 13.1. The van der Waals surface area contributed by atoms with Crippen LogP contribution in [0.2, 0.25) is 0 Å². The van der Waals surface area contributed by atoms with Crippen LogP contribution >= 0.6 is 0 Å². The van der Waals surface area contributed by atoms with Crippen molar-refractivity contribution in [3.05, 3.63) is 75.9 Å². The van der Waals surface area contributed by atoms with Gasteiger partial charge in [0.05, 0.1) is 7.11 Å². The van der Waals surface area contributed by atoms with Gasteiger partial charge in [-0.05, 0) is 79.5 Å². The zero-order chi connectivity index (χ0) is 31.1. The zero-order valence-corrected chi connectivity index (χ0v) is 23.9. The first kappa shape index (κ1) is 34.0. The molecule has 0 atom stereocenters. The molecule has 0 heterocycles. The molecular formula is C32H36F6O3. The molecule has 0 amide bonds. The molecule has 2 aromatic rings. The lowest BCUT2D eigenvalue weighted by Gasteiger charge is -2.34. The van der Waals surface area contributed by atoms with Gasteiger partial charge in [0.1, 0.15) is 0 Å². The number of carbonyl (C=O) groups excluding carboxylic acids is 1. The van der Waals surface area contributed by atoms with Gasteiger partial charge in [-0.15, -0.1) is 0 Å². The van der Waals surface area contributed by atoms with Crippen LogP contribution in [-0.2, 0) is 14.9 Å². The van der Waals surface area contributed by atoms with Crippen molar-refractivity contribution in [1.29, 1.82) is 0 Å². The highest BCUT2D eigenvalue weighted by atomic mass is 19.4. The summed E-state index contributed by atoms with van der Waals surface area (Å²) < 4.78 is 83.1. The lowest BCUT2D eigenvalue weighted by molar-refractivity contribution is -0.347. The largest absolute Gasteiger partial charge is 0.469 e. The molecule has 0 aromatic heterocycles. The fraction of sp³-hybridized carbons (Fsp3) is 0.469. The predicted molar refractivity (Wildman–Crippen MR) is 147 cm³/mol. The number of aliphatic hydroxyl groups is 1. The Kier molecular flexibility index (Phi) is 11.3. The van der Waals surface area contributed by atoms with Crippen LogP contribution in [0.4, 0.5) is 26.3 Å². The summed E-state index contributed by atoms with van der Waals surface area (Å²) >= 11 is 0. The van der Waals surface area contributed by atoms with Crippen LogP contribution < -0.4 is 0 Å². The quantitative estimate of drug-likeness (QED) is 0.133. The maximum atomic E-state index is 13.1. The van der Waals surface area contributed by atoms with E-state index in [1.807, 2.05) is 32.9 Å². The molecule has 224 valence electrons. The lowest BCUT2D eigenvalue weighted by atomic mass is 9.69. The molecule has 0 spiro atoms. The second-order valence-electron chi connectivity index (χ2n) is 10.1. The Morgan fingerprint density at radius 1 is 0.902 bits per heavy atom. The number of rotatable bonds is 10. The molecule has 1 N–H and O–H groups in total. The van der Waals surface area contributed by atoms with Crippen molar-refractivity contribution in [3.8, 4) is 11.8 Å². The Balaban J connectivity index is 2.35. The van der Waals surface area contributed by atoms with Crippen LogP contribution in [0.3, 0.4) is 0 Å². The zero-order valence-electron chi connectivity index (χ0n) is 23.9. The summed E-state index contributed by atoms with van der Waals surface area (Å²) in [6.45, 7) is 7.62. The average Bonchev–Trinajstić information content (AvgIpc) is 2.90. The fourth-order valence-corrected chi connectivity index (χ4v) is 4.80. The lowest BCUT2D eigenvalue weighted by Crippen LogP contribution is -2.55. The minimum absolute atomic E-state index is 0.134. The predicted octanol–water partition coefficient (Wildman–Crippen LogP) is 8.36. The van der Waals surface area contributed by atoms with Crippen molar-refractivity contribution < 1.29 is 41.0 Å². The van der Waals surface area contributed by atoms with Crippen LogP contribution in [0.25, 0.3) is 6.08 Å². The van der Waals surface area contributed by atoms with Gasteiger partial charge in [0, 0.05) is 23.8 Å². The number of unbranched alkanes of at least 4 members (excludes halogenated alkanes) is 2. The van der Waals surface area contributed by atoms with Gasteiger partial charge in [0.15, 0.2) is 0 Å². The first-order valence-electron chi connectivity index (χ1n) is 13.4. The van der Waals surface area contributed by atoms with Gasteiger partial charge in [-0.1, -0.05) is 62.1 Å². The molecule has 3 nitrogen and oxygen atoms in total. The van der Waals surface area contributed by atoms with E-state index in [4.69, 9.17) is 0 Å². The molecular weight excluding hydrogens is 546 g/mol. The maximum Gasteiger partial charge on any atom is 0.430 e. The van der Waals surface area contributed by atoms with Gasteiger partial charge in [0.25, 0.3) is 5.60 Å². The van der Waals surface area contributed by atoms with E-state index >= 15 is 0 Å². The number of carbonyl (C=O) groups is 1. The summed E-state index contributed by atoms with van der Waals surface area (Å²) in [5.41, 5.74) is -1.04. The highest BCUT2D eigenvalue weighted by molar-refractivity contribution is 5.69. The van der Waals surface area contributed by atoms with E-state index in [0.717, 1.165) is 28.7 Å². The molecule has 0 fully saturated rings. The molecule has 0 saturated heterocycles. The normalized spacial score (nSPS) is 12.8. The molecule has 0 saturated carbocycles. The molecule has 0 unspecified atom stereocenters. The summed E-state index contributed by atoms with van der Waals surface area (Å²) in [7, 11) is 1.36. The number of hydrogen-bond acceptors (Lipinski definition) is 3. The Bertz CT molecular complexity index is 1280. The van der Waals surface area contributed by atoms with Gasteiger partial charge in [0.2, 0.25) is 0 Å². The first-order valence-corrected chi connectivity index (χ1v) is 13.4. The van der Waals surface area contributed by atoms with Crippen molar-refractivity contribution in [3.63, 3.8) is 0 Å². The Hall–Kier alpha value is -3.25. The molecule has 0 radical (unpaired) electrons. The number of esters is 1. The molecule has 0 aliphatic heterocycles. The number of methoxy groups -OCH3 is 1. The summed E-state index contributed by atoms with van der Waals surface area (Å²) in [5.74, 6) is 6.08. The second kappa shape index (κ2) is 13.6. The van der Waals surface area contributed by atoms with Crippen LogP contribution in [-0.4, -0.2) is 36.1 Å². The number of hydrogen-bond donors (Lipinski definition) is 1. The summed E-state index contributed by atoms with van der Waals surface area (Å²) in [5, 5.41) is 9.45. The summed E-state index contributed by atoms with van der Waals surface area (Å²) in [4.78, 5) is 11.2. The number of aryl methyl sites for hydroxylation is 2. The fourth-order valence-electron chi connectivity index (χ4n) is 4.80. The second-order valence-corrected chi connectivity index (χ2v) is 10.1. The highest BCUT2D eigenvalue weighted by Crippen LogP contribution is 2.45. The Labute approximate surface area is 237 Å². The monoisotopic (exact) mass is 582 g/mol. The third kappa shape index (κ3) is 7.73.